The summed E-state index contributed by atoms with van der Waals surface area (Å²) in [5.41, 5.74) is 3.31. The van der Waals surface area contributed by atoms with Crippen LogP contribution in [0.2, 0.25) is 0 Å². The molecule has 5 nitrogen and oxygen atoms in total. The van der Waals surface area contributed by atoms with E-state index in [9.17, 15) is 4.79 Å². The highest BCUT2D eigenvalue weighted by Gasteiger charge is 2.20. The van der Waals surface area contributed by atoms with E-state index in [4.69, 9.17) is 4.52 Å². The van der Waals surface area contributed by atoms with Gasteiger partial charge in [0.2, 0.25) is 17.6 Å². The van der Waals surface area contributed by atoms with Gasteiger partial charge in [-0.15, -0.1) is 0 Å². The molecule has 0 aliphatic rings. The number of amides is 1. The molecule has 29 heavy (non-hydrogen) atoms. The highest BCUT2D eigenvalue weighted by atomic mass is 16.5. The average Bonchev–Trinajstić information content (AvgIpc) is 3.22. The van der Waals surface area contributed by atoms with Crippen LogP contribution in [0.25, 0.3) is 11.4 Å². The van der Waals surface area contributed by atoms with Crippen LogP contribution in [0.3, 0.4) is 0 Å². The molecule has 0 fully saturated rings. The third-order valence-corrected chi connectivity index (χ3v) is 5.26. The third-order valence-electron chi connectivity index (χ3n) is 5.26. The molecule has 3 rings (SSSR count). The molecule has 1 atom stereocenters. The lowest BCUT2D eigenvalue weighted by atomic mass is 10.1. The average molecular weight is 392 g/mol. The van der Waals surface area contributed by atoms with Crippen LogP contribution in [0.5, 0.6) is 0 Å². The number of nitrogens with zero attached hydrogens (tertiary/aromatic N) is 3. The minimum Gasteiger partial charge on any atom is -0.339 e. The van der Waals surface area contributed by atoms with Gasteiger partial charge in [-0.25, -0.2) is 0 Å². The van der Waals surface area contributed by atoms with Gasteiger partial charge in [0, 0.05) is 31.0 Å². The summed E-state index contributed by atoms with van der Waals surface area (Å²) in [5, 5.41) is 4.09. The molecule has 152 valence electrons. The van der Waals surface area contributed by atoms with Crippen LogP contribution in [-0.2, 0) is 17.6 Å². The summed E-state index contributed by atoms with van der Waals surface area (Å²) in [7, 11) is 0. The van der Waals surface area contributed by atoms with E-state index in [0.29, 0.717) is 31.1 Å². The molecule has 3 aromatic rings. The van der Waals surface area contributed by atoms with Crippen LogP contribution >= 0.6 is 0 Å². The summed E-state index contributed by atoms with van der Waals surface area (Å²) in [6.45, 7) is 6.82. The molecule has 0 unspecified atom stereocenters. The maximum atomic E-state index is 12.9. The van der Waals surface area contributed by atoms with Gasteiger partial charge in [-0.05, 0) is 32.3 Å². The predicted octanol–water partition coefficient (Wildman–Crippen LogP) is 4.85. The maximum absolute atomic E-state index is 12.9. The van der Waals surface area contributed by atoms with Crippen LogP contribution in [0.15, 0.2) is 59.1 Å². The topological polar surface area (TPSA) is 59.2 Å². The first-order valence-electron chi connectivity index (χ1n) is 10.3. The Labute approximate surface area is 172 Å². The van der Waals surface area contributed by atoms with Gasteiger partial charge in [0.25, 0.3) is 0 Å². The van der Waals surface area contributed by atoms with Gasteiger partial charge in [-0.3, -0.25) is 4.79 Å². The summed E-state index contributed by atoms with van der Waals surface area (Å²) in [4.78, 5) is 19.3. The number of carbonyl (C=O) groups is 1. The van der Waals surface area contributed by atoms with E-state index < -0.39 is 0 Å². The molecule has 0 saturated heterocycles. The Morgan fingerprint density at radius 2 is 1.79 bits per heavy atom. The van der Waals surface area contributed by atoms with Gasteiger partial charge < -0.3 is 9.42 Å². The SMILES string of the molecule is CC[C@@H](C)N(CCc1nc(-c2ccc(C)cc2)no1)C(=O)CCc1ccccc1. The Morgan fingerprint density at radius 3 is 2.48 bits per heavy atom. The van der Waals surface area contributed by atoms with Gasteiger partial charge in [-0.2, -0.15) is 4.98 Å². The van der Waals surface area contributed by atoms with Gasteiger partial charge >= 0.3 is 0 Å². The maximum Gasteiger partial charge on any atom is 0.228 e. The van der Waals surface area contributed by atoms with Gasteiger partial charge in [-0.1, -0.05) is 72.2 Å². The monoisotopic (exact) mass is 391 g/mol. The smallest absolute Gasteiger partial charge is 0.228 e. The first-order chi connectivity index (χ1) is 14.1. The lowest BCUT2D eigenvalue weighted by Gasteiger charge is -2.28. The van der Waals surface area contributed by atoms with E-state index in [0.717, 1.165) is 18.4 Å². The summed E-state index contributed by atoms with van der Waals surface area (Å²) in [5.74, 6) is 1.32. The molecule has 1 amide bonds. The number of hydrogen-bond acceptors (Lipinski definition) is 4. The minimum atomic E-state index is 0.168. The molecule has 2 aromatic carbocycles. The Hall–Kier alpha value is -2.95. The normalized spacial score (nSPS) is 12.0. The molecule has 0 bridgehead atoms. The van der Waals surface area contributed by atoms with E-state index in [1.807, 2.05) is 54.3 Å². The number of aryl methyl sites for hydroxylation is 2. The second-order valence-electron chi connectivity index (χ2n) is 7.46. The molecule has 0 saturated carbocycles. The number of rotatable bonds is 9. The van der Waals surface area contributed by atoms with E-state index >= 15 is 0 Å². The first-order valence-corrected chi connectivity index (χ1v) is 10.3. The first kappa shape index (κ1) is 20.8. The van der Waals surface area contributed by atoms with Crippen LogP contribution in [-0.4, -0.2) is 33.5 Å². The van der Waals surface area contributed by atoms with E-state index in [1.54, 1.807) is 0 Å². The Morgan fingerprint density at radius 1 is 1.07 bits per heavy atom. The number of aromatic nitrogens is 2. The number of benzene rings is 2. The fourth-order valence-electron chi connectivity index (χ4n) is 3.24. The molecule has 1 heterocycles. The van der Waals surface area contributed by atoms with Crippen molar-refractivity contribution in [1.82, 2.24) is 15.0 Å². The third kappa shape index (κ3) is 5.76. The van der Waals surface area contributed by atoms with Crippen molar-refractivity contribution < 1.29 is 9.32 Å². The van der Waals surface area contributed by atoms with Crippen molar-refractivity contribution in [3.8, 4) is 11.4 Å². The highest BCUT2D eigenvalue weighted by Crippen LogP contribution is 2.17. The molecular weight excluding hydrogens is 362 g/mol. The number of carbonyl (C=O) groups excluding carboxylic acids is 1. The molecule has 5 heteroatoms. The van der Waals surface area contributed by atoms with Crippen molar-refractivity contribution >= 4 is 5.91 Å². The van der Waals surface area contributed by atoms with Crippen LogP contribution in [0, 0.1) is 6.92 Å². The van der Waals surface area contributed by atoms with Crippen molar-refractivity contribution in [3.63, 3.8) is 0 Å². The van der Waals surface area contributed by atoms with Crippen molar-refractivity contribution in [2.75, 3.05) is 6.54 Å². The van der Waals surface area contributed by atoms with Crippen molar-refractivity contribution in [3.05, 3.63) is 71.6 Å². The molecule has 0 aliphatic carbocycles. The highest BCUT2D eigenvalue weighted by molar-refractivity contribution is 5.76. The Kier molecular flexibility index (Phi) is 7.17. The van der Waals surface area contributed by atoms with Crippen molar-refractivity contribution in [2.45, 2.75) is 52.5 Å². The Bertz CT molecular complexity index is 903. The molecule has 1 aromatic heterocycles. The quantitative estimate of drug-likeness (QED) is 0.523. The summed E-state index contributed by atoms with van der Waals surface area (Å²) in [6, 6.07) is 18.3. The van der Waals surface area contributed by atoms with E-state index in [-0.39, 0.29) is 11.9 Å². The molecule has 0 radical (unpaired) electrons. The van der Waals surface area contributed by atoms with E-state index in [2.05, 4.69) is 36.1 Å². The summed E-state index contributed by atoms with van der Waals surface area (Å²) < 4.78 is 5.42. The number of hydrogen-bond donors (Lipinski definition) is 0. The zero-order chi connectivity index (χ0) is 20.6. The fourth-order valence-corrected chi connectivity index (χ4v) is 3.24. The zero-order valence-electron chi connectivity index (χ0n) is 17.5. The Balaban J connectivity index is 1.60. The summed E-state index contributed by atoms with van der Waals surface area (Å²) in [6.07, 6.45) is 2.73. The molecule has 0 N–H and O–H groups in total. The lowest BCUT2D eigenvalue weighted by molar-refractivity contribution is -0.133. The van der Waals surface area contributed by atoms with Gasteiger partial charge in [0.1, 0.15) is 0 Å². The van der Waals surface area contributed by atoms with Crippen LogP contribution in [0.1, 0.15) is 43.7 Å². The predicted molar refractivity (Wildman–Crippen MR) is 114 cm³/mol. The van der Waals surface area contributed by atoms with Crippen LogP contribution in [0.4, 0.5) is 0 Å². The van der Waals surface area contributed by atoms with E-state index in [1.165, 1.54) is 11.1 Å². The fraction of sp³-hybridized carbons (Fsp3) is 0.375. The van der Waals surface area contributed by atoms with Crippen molar-refractivity contribution in [2.24, 2.45) is 0 Å². The second-order valence-corrected chi connectivity index (χ2v) is 7.46. The standard InChI is InChI=1S/C24H29N3O2/c1-4-19(3)27(23(28)15-12-20-8-6-5-7-9-20)17-16-22-25-24(26-29-22)21-13-10-18(2)11-14-21/h5-11,13-14,19H,4,12,15-17H2,1-3H3/t19-/m1/s1. The van der Waals surface area contributed by atoms with Gasteiger partial charge in [0.05, 0.1) is 0 Å². The minimum absolute atomic E-state index is 0.168. The molecule has 0 aliphatic heterocycles. The zero-order valence-corrected chi connectivity index (χ0v) is 17.5. The summed E-state index contributed by atoms with van der Waals surface area (Å²) >= 11 is 0. The largest absolute Gasteiger partial charge is 0.339 e. The lowest BCUT2D eigenvalue weighted by Crippen LogP contribution is -2.40. The second kappa shape index (κ2) is 10.0. The van der Waals surface area contributed by atoms with Crippen LogP contribution < -0.4 is 0 Å². The van der Waals surface area contributed by atoms with Gasteiger partial charge in [0.15, 0.2) is 0 Å². The molecule has 0 spiro atoms. The van der Waals surface area contributed by atoms with Crippen molar-refractivity contribution in [1.29, 1.82) is 0 Å². The molecular formula is C24H29N3O2.